The average molecular weight is 1250 g/mol. The summed E-state index contributed by atoms with van der Waals surface area (Å²) in [6.07, 6.45) is 2.65. The van der Waals surface area contributed by atoms with Gasteiger partial charge in [-0.3, -0.25) is 19.2 Å². The Morgan fingerprint density at radius 2 is 1.38 bits per heavy atom. The number of amides is 1. The van der Waals surface area contributed by atoms with Crippen LogP contribution in [-0.4, -0.2) is 134 Å². The maximum absolute atomic E-state index is 17.0. The fourth-order valence-corrected chi connectivity index (χ4v) is 13.7. The van der Waals surface area contributed by atoms with Crippen LogP contribution in [0.2, 0.25) is 0 Å². The molecule has 7 aliphatic rings. The molecule has 9 unspecified atom stereocenters. The topological polar surface area (TPSA) is 281 Å². The standard InChI is InChI=1S/C71H82N2O18/c1-38(2)18-17-31-69(10)32-30-48-59(89-69)47(28-23-39(3)4)61-52(60(48)88-66(83)45-24-26-46(27-25-45)86-67-58(78)57(77)55(75)50(35-74)87-67)56(76)53-54(72-41(6)64(81)84-36-43-19-13-11-14-20-43)49-34-51-68(8,9)91-70(62(49)79,71(51,53)90-61)33-29-40(5)63(80)73-42(7)65(82)85-37-44-21-15-12-16-22-44/h11-16,18-27,29-30,32,41-42,49-51,53-55,57-58,67,72,74-75,77-78H,17,28,31,33-37H2,1-10H3,(H,73,80)/t41?,42?,49?,50-,51?,53?,54?,55-,57-,58-,67-,69?,70?,71?/m1/s1. The third-order valence-corrected chi connectivity index (χ3v) is 18.4. The minimum absolute atomic E-state index is 0.00625. The zero-order valence-electron chi connectivity index (χ0n) is 53.0. The summed E-state index contributed by atoms with van der Waals surface area (Å²) in [4.78, 5) is 89.5. The van der Waals surface area contributed by atoms with Crippen molar-refractivity contribution in [3.05, 3.63) is 159 Å². The van der Waals surface area contributed by atoms with Gasteiger partial charge in [-0.1, -0.05) is 90.0 Å². The molecule has 5 fully saturated rings. The molecular formula is C71H82N2O18. The van der Waals surface area contributed by atoms with Crippen LogP contribution in [0.5, 0.6) is 23.0 Å². The van der Waals surface area contributed by atoms with E-state index in [0.717, 1.165) is 22.3 Å². The molecule has 20 heteroatoms. The third kappa shape index (κ3) is 12.8. The Morgan fingerprint density at radius 1 is 0.758 bits per heavy atom. The lowest BCUT2D eigenvalue weighted by atomic mass is 9.45. The molecule has 3 aliphatic carbocycles. The largest absolute Gasteiger partial charge is 0.482 e. The highest BCUT2D eigenvalue weighted by atomic mass is 16.7. The number of benzene rings is 4. The Hall–Kier alpha value is -7.82. The number of hydrogen-bond donors (Lipinski definition) is 6. The minimum atomic E-state index is -1.99. The number of rotatable bonds is 22. The first-order valence-electron chi connectivity index (χ1n) is 31.0. The van der Waals surface area contributed by atoms with Crippen LogP contribution in [0.15, 0.2) is 126 Å². The molecule has 4 aromatic rings. The molecule has 0 aromatic heterocycles. The molecular weight excluding hydrogens is 1170 g/mol. The van der Waals surface area contributed by atoms with Gasteiger partial charge in [0.05, 0.1) is 29.3 Å². The van der Waals surface area contributed by atoms with E-state index >= 15 is 9.59 Å². The Balaban J connectivity index is 1.09. The van der Waals surface area contributed by atoms with Gasteiger partial charge in [-0.15, -0.1) is 0 Å². The van der Waals surface area contributed by atoms with Crippen LogP contribution in [0.4, 0.5) is 0 Å². The average Bonchev–Trinajstić information content (AvgIpc) is 1.55. The van der Waals surface area contributed by atoms with E-state index < -0.39 is 131 Å². The number of ether oxygens (including phenoxy) is 8. The van der Waals surface area contributed by atoms with Gasteiger partial charge in [0.15, 0.2) is 28.5 Å². The molecule has 484 valence electrons. The van der Waals surface area contributed by atoms with Gasteiger partial charge in [-0.05, 0) is 142 Å². The second kappa shape index (κ2) is 26.4. The van der Waals surface area contributed by atoms with Crippen molar-refractivity contribution < 1.29 is 87.1 Å². The molecule has 1 amide bonds. The van der Waals surface area contributed by atoms with E-state index in [1.165, 1.54) is 31.2 Å². The predicted octanol–water partition coefficient (Wildman–Crippen LogP) is 7.88. The van der Waals surface area contributed by atoms with Crippen LogP contribution in [0.3, 0.4) is 0 Å². The maximum Gasteiger partial charge on any atom is 0.343 e. The minimum Gasteiger partial charge on any atom is -0.482 e. The number of nitrogens with one attached hydrogen (secondary N) is 2. The second-order valence-electron chi connectivity index (χ2n) is 26.0. The number of carbonyl (C=O) groups excluding carboxylic acids is 6. The first-order valence-corrected chi connectivity index (χ1v) is 31.0. The Morgan fingerprint density at radius 3 is 2.00 bits per heavy atom. The summed E-state index contributed by atoms with van der Waals surface area (Å²) < 4.78 is 51.5. The second-order valence-corrected chi connectivity index (χ2v) is 26.0. The summed E-state index contributed by atoms with van der Waals surface area (Å²) in [6.45, 7) is 17.4. The van der Waals surface area contributed by atoms with E-state index in [9.17, 15) is 39.6 Å². The van der Waals surface area contributed by atoms with E-state index in [1.807, 2.05) is 121 Å². The first kappa shape index (κ1) is 66.1. The normalized spacial score (nSPS) is 28.8. The van der Waals surface area contributed by atoms with Crippen molar-refractivity contribution in [2.24, 2.45) is 17.8 Å². The van der Waals surface area contributed by atoms with Gasteiger partial charge >= 0.3 is 17.9 Å². The van der Waals surface area contributed by atoms with Gasteiger partial charge < -0.3 is 69.0 Å². The smallest absolute Gasteiger partial charge is 0.343 e. The molecule has 2 saturated heterocycles. The number of carbonyl (C=O) groups is 6. The van der Waals surface area contributed by atoms with Crippen molar-refractivity contribution in [1.29, 1.82) is 0 Å². The lowest BCUT2D eigenvalue weighted by Gasteiger charge is -2.63. The van der Waals surface area contributed by atoms with Gasteiger partial charge in [0.2, 0.25) is 12.2 Å². The lowest BCUT2D eigenvalue weighted by molar-refractivity contribution is -0.277. The SMILES string of the molecule is CC(C)=CCCC1(C)C=Cc2c(c(CC=C(C)C)c3c(c2OC(=O)c2ccc(O[C@@H]4O[C@H](CO)[C@@H](O)[C@@H](O)[C@H]4O)cc2)C(=O)C2C(NC(C)C(=O)OCc4ccccc4)C4CC5C(C)(C)OC(CC=C(C)C(=O)NC(C)C(=O)OCc6ccccc6)(C4=O)C25O3)O1. The predicted molar refractivity (Wildman–Crippen MR) is 333 cm³/mol. The van der Waals surface area contributed by atoms with Crippen LogP contribution in [0.1, 0.15) is 138 Å². The Labute approximate surface area is 529 Å². The molecule has 4 bridgehead atoms. The van der Waals surface area contributed by atoms with Crippen LogP contribution in [0.25, 0.3) is 6.08 Å². The zero-order chi connectivity index (χ0) is 65.5. The van der Waals surface area contributed by atoms with Crippen molar-refractivity contribution in [2.45, 2.75) is 186 Å². The Bertz CT molecular complexity index is 3570. The molecule has 91 heavy (non-hydrogen) atoms. The molecule has 3 saturated carbocycles. The highest BCUT2D eigenvalue weighted by molar-refractivity contribution is 6.11. The number of aliphatic hydroxyl groups excluding tert-OH is 4. The van der Waals surface area contributed by atoms with Gasteiger partial charge in [-0.25, -0.2) is 9.59 Å². The van der Waals surface area contributed by atoms with Crippen LogP contribution >= 0.6 is 0 Å². The zero-order valence-corrected chi connectivity index (χ0v) is 53.0. The summed E-state index contributed by atoms with van der Waals surface area (Å²) in [6, 6.07) is 20.5. The van der Waals surface area contributed by atoms with E-state index in [1.54, 1.807) is 26.0 Å². The molecule has 14 atom stereocenters. The van der Waals surface area contributed by atoms with Gasteiger partial charge in [0.25, 0.3) is 0 Å². The monoisotopic (exact) mass is 1250 g/mol. The molecule has 11 rings (SSSR count). The van der Waals surface area contributed by atoms with Crippen LogP contribution < -0.4 is 29.6 Å². The molecule has 4 heterocycles. The molecule has 4 aromatic carbocycles. The number of aliphatic hydroxyl groups is 4. The molecule has 6 N–H and O–H groups in total. The highest BCUT2D eigenvalue weighted by Gasteiger charge is 2.85. The maximum atomic E-state index is 17.0. The summed E-state index contributed by atoms with van der Waals surface area (Å²) >= 11 is 0. The summed E-state index contributed by atoms with van der Waals surface area (Å²) in [5.41, 5.74) is -1.82. The fraction of sp³-hybridized carbons (Fsp3) is 0.465. The third-order valence-electron chi connectivity index (χ3n) is 18.4. The molecule has 20 nitrogen and oxygen atoms in total. The molecule has 1 spiro atoms. The van der Waals surface area contributed by atoms with E-state index in [-0.39, 0.29) is 77.7 Å². The van der Waals surface area contributed by atoms with Crippen LogP contribution in [-0.2, 0) is 57.8 Å². The quantitative estimate of drug-likeness (QED) is 0.0189. The summed E-state index contributed by atoms with van der Waals surface area (Å²) in [7, 11) is 0. The number of allylic oxidation sites excluding steroid dienone is 4. The lowest BCUT2D eigenvalue weighted by Crippen LogP contribution is -2.82. The van der Waals surface area contributed by atoms with Crippen molar-refractivity contribution in [3.8, 4) is 23.0 Å². The molecule has 4 aliphatic heterocycles. The number of esters is 3. The van der Waals surface area contributed by atoms with Gasteiger partial charge in [0.1, 0.15) is 78.1 Å². The summed E-state index contributed by atoms with van der Waals surface area (Å²) in [5, 5.41) is 47.4. The fourth-order valence-electron chi connectivity index (χ4n) is 13.7. The van der Waals surface area contributed by atoms with Crippen molar-refractivity contribution in [3.63, 3.8) is 0 Å². The Kier molecular flexibility index (Phi) is 19.2. The van der Waals surface area contributed by atoms with Crippen molar-refractivity contribution in [2.75, 3.05) is 6.61 Å². The van der Waals surface area contributed by atoms with E-state index in [2.05, 4.69) is 16.7 Å². The first-order chi connectivity index (χ1) is 43.2. The van der Waals surface area contributed by atoms with Crippen molar-refractivity contribution >= 4 is 41.5 Å². The van der Waals surface area contributed by atoms with E-state index in [0.29, 0.717) is 18.4 Å². The number of Topliss-reactive ketones (excluding diaryl/α,β-unsaturated/α-hetero) is 2. The molecule has 0 radical (unpaired) electrons. The van der Waals surface area contributed by atoms with Gasteiger partial charge in [-0.2, -0.15) is 0 Å². The number of ketones is 2. The van der Waals surface area contributed by atoms with Crippen LogP contribution in [0, 0.1) is 17.8 Å². The highest BCUT2D eigenvalue weighted by Crippen LogP contribution is 2.70. The van der Waals surface area contributed by atoms with Crippen molar-refractivity contribution in [1.82, 2.24) is 10.6 Å². The number of fused-ring (bicyclic) bond motifs is 2. The van der Waals surface area contributed by atoms with E-state index in [4.69, 9.17) is 37.9 Å². The summed E-state index contributed by atoms with van der Waals surface area (Å²) in [5.74, 6) is -6.82. The number of hydrogen-bond acceptors (Lipinski definition) is 19. The van der Waals surface area contributed by atoms with Gasteiger partial charge in [0, 0.05) is 35.4 Å².